The van der Waals surface area contributed by atoms with Crippen LogP contribution >= 0.6 is 12.2 Å². The Kier molecular flexibility index (Phi) is 3.45. The number of benzene rings is 2. The Morgan fingerprint density at radius 3 is 2.60 bits per heavy atom. The van der Waals surface area contributed by atoms with Crippen LogP contribution in [-0.4, -0.2) is 28.6 Å². The molecule has 0 spiro atoms. The summed E-state index contributed by atoms with van der Waals surface area (Å²) in [6, 6.07) is 14.0. The van der Waals surface area contributed by atoms with E-state index in [1.54, 1.807) is 0 Å². The largest absolute Gasteiger partial charge is 0.507 e. The number of nitrogens with zero attached hydrogens (tertiary/aromatic N) is 1. The van der Waals surface area contributed by atoms with Crippen molar-refractivity contribution in [2.24, 2.45) is 0 Å². The third-order valence-corrected chi connectivity index (χ3v) is 4.34. The van der Waals surface area contributed by atoms with Gasteiger partial charge in [0.05, 0.1) is 4.99 Å². The van der Waals surface area contributed by atoms with E-state index in [0.717, 1.165) is 41.1 Å². The number of rotatable bonds is 1. The van der Waals surface area contributed by atoms with E-state index in [0.29, 0.717) is 5.75 Å². The van der Waals surface area contributed by atoms with Crippen LogP contribution in [0.1, 0.15) is 11.1 Å². The second kappa shape index (κ2) is 5.25. The molecule has 0 amide bonds. The van der Waals surface area contributed by atoms with Gasteiger partial charge in [0.2, 0.25) is 0 Å². The van der Waals surface area contributed by atoms with Crippen molar-refractivity contribution in [3.8, 4) is 16.9 Å². The molecule has 1 aliphatic heterocycles. The van der Waals surface area contributed by atoms with Crippen molar-refractivity contribution in [1.29, 1.82) is 0 Å². The maximum atomic E-state index is 10.3. The maximum absolute atomic E-state index is 10.3. The number of phenolic OH excluding ortho intramolecular Hbond substituents is 1. The van der Waals surface area contributed by atoms with Crippen molar-refractivity contribution < 1.29 is 5.11 Å². The lowest BCUT2D eigenvalue weighted by molar-refractivity contribution is 0.476. The van der Waals surface area contributed by atoms with Crippen molar-refractivity contribution in [2.75, 3.05) is 13.6 Å². The summed E-state index contributed by atoms with van der Waals surface area (Å²) in [7, 11) is 2.03. The predicted octanol–water partition coefficient (Wildman–Crippen LogP) is 3.42. The molecule has 2 nitrogen and oxygen atoms in total. The number of phenols is 1. The Hall–Kier alpha value is -1.87. The number of likely N-dealkylation sites (N-methyl/N-ethyl adjacent to an activating group) is 1. The highest BCUT2D eigenvalue weighted by Crippen LogP contribution is 2.33. The zero-order valence-electron chi connectivity index (χ0n) is 11.5. The Morgan fingerprint density at radius 1 is 1.10 bits per heavy atom. The molecular weight excluding hydrogens is 266 g/mol. The van der Waals surface area contributed by atoms with E-state index in [4.69, 9.17) is 12.2 Å². The van der Waals surface area contributed by atoms with Gasteiger partial charge >= 0.3 is 0 Å². The summed E-state index contributed by atoms with van der Waals surface area (Å²) in [5.74, 6) is 0.335. The number of aromatic hydroxyl groups is 1. The van der Waals surface area contributed by atoms with Crippen LogP contribution in [-0.2, 0) is 12.8 Å². The standard InChI is InChI=1S/C17H17NOS/c1-18-8-7-13-9-15(12-5-3-2-4-6-12)16(19)10-14(13)11-17(18)20/h2-6,9-10,19H,7-8,11H2,1H3. The Balaban J connectivity index is 2.07. The summed E-state index contributed by atoms with van der Waals surface area (Å²) in [5, 5.41) is 10.3. The first-order chi connectivity index (χ1) is 9.65. The summed E-state index contributed by atoms with van der Waals surface area (Å²) < 4.78 is 0. The van der Waals surface area contributed by atoms with Crippen molar-refractivity contribution in [2.45, 2.75) is 12.8 Å². The molecule has 1 aliphatic rings. The van der Waals surface area contributed by atoms with Gasteiger partial charge in [-0.05, 0) is 35.2 Å². The van der Waals surface area contributed by atoms with Gasteiger partial charge in [-0.1, -0.05) is 42.5 Å². The zero-order valence-corrected chi connectivity index (χ0v) is 12.3. The van der Waals surface area contributed by atoms with Gasteiger partial charge in [-0.2, -0.15) is 0 Å². The average molecular weight is 283 g/mol. The maximum Gasteiger partial charge on any atom is 0.123 e. The van der Waals surface area contributed by atoms with Crippen LogP contribution in [0.15, 0.2) is 42.5 Å². The van der Waals surface area contributed by atoms with E-state index in [2.05, 4.69) is 11.0 Å². The topological polar surface area (TPSA) is 23.5 Å². The molecule has 3 heteroatoms. The molecule has 1 N–H and O–H groups in total. The third kappa shape index (κ3) is 2.41. The number of hydrogen-bond donors (Lipinski definition) is 1. The van der Waals surface area contributed by atoms with E-state index in [1.807, 2.05) is 43.4 Å². The molecule has 20 heavy (non-hydrogen) atoms. The van der Waals surface area contributed by atoms with Crippen LogP contribution in [0.3, 0.4) is 0 Å². The minimum absolute atomic E-state index is 0.335. The number of fused-ring (bicyclic) bond motifs is 1. The molecular formula is C17H17NOS. The van der Waals surface area contributed by atoms with Gasteiger partial charge in [0.15, 0.2) is 0 Å². The van der Waals surface area contributed by atoms with Crippen molar-refractivity contribution in [1.82, 2.24) is 4.90 Å². The first-order valence-electron chi connectivity index (χ1n) is 6.79. The van der Waals surface area contributed by atoms with Crippen LogP contribution in [0.5, 0.6) is 5.75 Å². The van der Waals surface area contributed by atoms with Gasteiger partial charge in [-0.25, -0.2) is 0 Å². The zero-order chi connectivity index (χ0) is 14.1. The minimum atomic E-state index is 0.335. The summed E-state index contributed by atoms with van der Waals surface area (Å²) in [6.45, 7) is 0.935. The molecule has 1 heterocycles. The Bertz CT molecular complexity index is 652. The second-order valence-corrected chi connectivity index (χ2v) is 5.72. The van der Waals surface area contributed by atoms with Crippen molar-refractivity contribution in [3.05, 3.63) is 53.6 Å². The van der Waals surface area contributed by atoms with Gasteiger partial charge < -0.3 is 10.0 Å². The highest BCUT2D eigenvalue weighted by atomic mass is 32.1. The monoisotopic (exact) mass is 283 g/mol. The van der Waals surface area contributed by atoms with Gasteiger partial charge in [0.1, 0.15) is 5.75 Å². The van der Waals surface area contributed by atoms with Crippen LogP contribution in [0, 0.1) is 0 Å². The number of hydrogen-bond acceptors (Lipinski definition) is 2. The van der Waals surface area contributed by atoms with Crippen molar-refractivity contribution >= 4 is 17.2 Å². The minimum Gasteiger partial charge on any atom is -0.507 e. The fourth-order valence-corrected chi connectivity index (χ4v) is 2.88. The van der Waals surface area contributed by atoms with Crippen molar-refractivity contribution in [3.63, 3.8) is 0 Å². The molecule has 0 saturated heterocycles. The second-order valence-electron chi connectivity index (χ2n) is 5.25. The summed E-state index contributed by atoms with van der Waals surface area (Å²) in [5.41, 5.74) is 4.39. The SMILES string of the molecule is CN1CCc2cc(-c3ccccc3)c(O)cc2CC1=S. The molecule has 0 bridgehead atoms. The van der Waals surface area contributed by atoms with E-state index in [-0.39, 0.29) is 0 Å². The lowest BCUT2D eigenvalue weighted by atomic mass is 9.95. The fraction of sp³-hybridized carbons (Fsp3) is 0.235. The normalized spacial score (nSPS) is 14.8. The van der Waals surface area contributed by atoms with Crippen LogP contribution in [0.2, 0.25) is 0 Å². The summed E-state index contributed by atoms with van der Waals surface area (Å²) in [4.78, 5) is 3.06. The molecule has 2 aromatic rings. The van der Waals surface area contributed by atoms with Gasteiger partial charge in [-0.3, -0.25) is 0 Å². The molecule has 0 aromatic heterocycles. The summed E-state index contributed by atoms with van der Waals surface area (Å²) >= 11 is 5.41. The first kappa shape index (κ1) is 13.1. The van der Waals surface area contributed by atoms with Gasteiger partial charge in [0, 0.05) is 25.6 Å². The van der Waals surface area contributed by atoms with E-state index in [1.165, 1.54) is 5.56 Å². The third-order valence-electron chi connectivity index (χ3n) is 3.89. The molecule has 0 unspecified atom stereocenters. The van der Waals surface area contributed by atoms with E-state index >= 15 is 0 Å². The van der Waals surface area contributed by atoms with Gasteiger partial charge in [-0.15, -0.1) is 0 Å². The van der Waals surface area contributed by atoms with E-state index in [9.17, 15) is 5.11 Å². The number of thiocarbonyl (C=S) groups is 1. The Labute approximate surface area is 124 Å². The van der Waals surface area contributed by atoms with Crippen LogP contribution in [0.25, 0.3) is 11.1 Å². The van der Waals surface area contributed by atoms with E-state index < -0.39 is 0 Å². The molecule has 0 atom stereocenters. The molecule has 0 aliphatic carbocycles. The molecule has 0 radical (unpaired) electrons. The molecule has 3 rings (SSSR count). The lowest BCUT2D eigenvalue weighted by Gasteiger charge is -2.15. The smallest absolute Gasteiger partial charge is 0.123 e. The fourth-order valence-electron chi connectivity index (χ4n) is 2.63. The molecule has 2 aromatic carbocycles. The molecule has 0 saturated carbocycles. The average Bonchev–Trinajstić information content (AvgIpc) is 2.59. The first-order valence-corrected chi connectivity index (χ1v) is 7.20. The molecule has 0 fully saturated rings. The van der Waals surface area contributed by atoms with Gasteiger partial charge in [0.25, 0.3) is 0 Å². The predicted molar refractivity (Wildman–Crippen MR) is 86.2 cm³/mol. The Morgan fingerprint density at radius 2 is 1.85 bits per heavy atom. The highest BCUT2D eigenvalue weighted by molar-refractivity contribution is 7.80. The highest BCUT2D eigenvalue weighted by Gasteiger charge is 2.17. The quantitative estimate of drug-likeness (QED) is 0.811. The van der Waals surface area contributed by atoms with Crippen LogP contribution < -0.4 is 0 Å². The van der Waals surface area contributed by atoms with Crippen LogP contribution in [0.4, 0.5) is 0 Å². The molecule has 102 valence electrons. The summed E-state index contributed by atoms with van der Waals surface area (Å²) in [6.07, 6.45) is 1.70. The lowest BCUT2D eigenvalue weighted by Crippen LogP contribution is -2.26.